The number of aromatic nitrogens is 1. The summed E-state index contributed by atoms with van der Waals surface area (Å²) < 4.78 is 1.50. The first kappa shape index (κ1) is 8.71. The van der Waals surface area contributed by atoms with E-state index in [-0.39, 0.29) is 0 Å². The van der Waals surface area contributed by atoms with Crippen molar-refractivity contribution >= 4 is 6.34 Å². The van der Waals surface area contributed by atoms with Gasteiger partial charge in [-0.2, -0.15) is 0 Å². The van der Waals surface area contributed by atoms with Crippen molar-refractivity contribution in [1.29, 1.82) is 10.8 Å². The molecular formula is C9H13N3. The zero-order valence-electron chi connectivity index (χ0n) is 7.33. The molecular weight excluding hydrogens is 150 g/mol. The van der Waals surface area contributed by atoms with E-state index in [9.17, 15) is 0 Å². The van der Waals surface area contributed by atoms with Crippen molar-refractivity contribution in [3.8, 4) is 0 Å². The van der Waals surface area contributed by atoms with Gasteiger partial charge in [-0.05, 0) is 17.5 Å². The molecule has 12 heavy (non-hydrogen) atoms. The van der Waals surface area contributed by atoms with Gasteiger partial charge >= 0.3 is 0 Å². The van der Waals surface area contributed by atoms with E-state index in [0.717, 1.165) is 11.9 Å². The molecule has 2 N–H and O–H groups in total. The third-order valence-corrected chi connectivity index (χ3v) is 1.82. The number of nitrogens with zero attached hydrogens (tertiary/aromatic N) is 1. The van der Waals surface area contributed by atoms with Crippen LogP contribution >= 0.6 is 0 Å². The van der Waals surface area contributed by atoms with E-state index in [1.165, 1.54) is 4.57 Å². The van der Waals surface area contributed by atoms with Crippen LogP contribution in [0.4, 0.5) is 0 Å². The van der Waals surface area contributed by atoms with Crippen molar-refractivity contribution in [2.24, 2.45) is 0 Å². The van der Waals surface area contributed by atoms with E-state index >= 15 is 0 Å². The highest BCUT2D eigenvalue weighted by Crippen LogP contribution is 2.07. The van der Waals surface area contributed by atoms with Crippen LogP contribution in [0.3, 0.4) is 0 Å². The molecule has 0 fully saturated rings. The molecule has 0 saturated carbocycles. The number of hydrogen-bond donors (Lipinski definition) is 2. The smallest absolute Gasteiger partial charge is 0.133 e. The maximum atomic E-state index is 7.69. The quantitative estimate of drug-likeness (QED) is 0.491. The van der Waals surface area contributed by atoms with E-state index < -0.39 is 0 Å². The highest BCUT2D eigenvalue weighted by molar-refractivity contribution is 5.54. The number of nitrogens with one attached hydrogen (secondary N) is 2. The molecule has 0 saturated heterocycles. The van der Waals surface area contributed by atoms with Gasteiger partial charge < -0.3 is 0 Å². The second kappa shape index (κ2) is 3.34. The van der Waals surface area contributed by atoms with Crippen LogP contribution in [-0.4, -0.2) is 10.9 Å². The van der Waals surface area contributed by atoms with Gasteiger partial charge in [0.25, 0.3) is 0 Å². The first-order valence-electron chi connectivity index (χ1n) is 3.93. The third kappa shape index (κ3) is 1.44. The molecule has 0 aromatic carbocycles. The van der Waals surface area contributed by atoms with Crippen LogP contribution in [0.25, 0.3) is 0 Å². The lowest BCUT2D eigenvalue weighted by atomic mass is 10.1. The summed E-state index contributed by atoms with van der Waals surface area (Å²) in [7, 11) is 0. The monoisotopic (exact) mass is 163 g/mol. The van der Waals surface area contributed by atoms with Gasteiger partial charge in [-0.1, -0.05) is 19.9 Å². The Bertz CT molecular complexity index is 336. The molecule has 0 aliphatic heterocycles. The third-order valence-electron chi connectivity index (χ3n) is 1.82. The molecule has 0 spiro atoms. The van der Waals surface area contributed by atoms with Crippen molar-refractivity contribution < 1.29 is 0 Å². The summed E-state index contributed by atoms with van der Waals surface area (Å²) in [6.45, 7) is 4.09. The van der Waals surface area contributed by atoms with Crippen LogP contribution in [0, 0.1) is 10.8 Å². The van der Waals surface area contributed by atoms with Crippen molar-refractivity contribution in [3.05, 3.63) is 29.4 Å². The molecule has 0 amide bonds. The Hall–Kier alpha value is -1.38. The van der Waals surface area contributed by atoms with Gasteiger partial charge in [0, 0.05) is 6.20 Å². The lowest BCUT2D eigenvalue weighted by Crippen LogP contribution is -2.23. The molecule has 3 heteroatoms. The molecule has 1 aromatic rings. The van der Waals surface area contributed by atoms with Gasteiger partial charge in [-0.25, -0.2) is 0 Å². The zero-order chi connectivity index (χ0) is 9.14. The van der Waals surface area contributed by atoms with Crippen LogP contribution in [0.2, 0.25) is 0 Å². The first-order chi connectivity index (χ1) is 5.66. The van der Waals surface area contributed by atoms with Gasteiger partial charge in [0.2, 0.25) is 0 Å². The second-order valence-electron chi connectivity index (χ2n) is 3.00. The molecule has 0 atom stereocenters. The summed E-state index contributed by atoms with van der Waals surface area (Å²) >= 11 is 0. The maximum absolute atomic E-state index is 7.69. The van der Waals surface area contributed by atoms with Gasteiger partial charge in [0.15, 0.2) is 0 Å². The van der Waals surface area contributed by atoms with Gasteiger partial charge in [0.1, 0.15) is 5.49 Å². The Morgan fingerprint density at radius 3 is 2.67 bits per heavy atom. The SMILES string of the molecule is CC(C)c1cccn(C=N)c1=N. The van der Waals surface area contributed by atoms with E-state index in [4.69, 9.17) is 10.8 Å². The maximum Gasteiger partial charge on any atom is 0.133 e. The highest BCUT2D eigenvalue weighted by atomic mass is 15.0. The summed E-state index contributed by atoms with van der Waals surface area (Å²) in [5, 5.41) is 14.7. The fourth-order valence-corrected chi connectivity index (χ4v) is 1.12. The van der Waals surface area contributed by atoms with Crippen molar-refractivity contribution in [3.63, 3.8) is 0 Å². The highest BCUT2D eigenvalue weighted by Gasteiger charge is 2.01. The lowest BCUT2D eigenvalue weighted by molar-refractivity contribution is 0.808. The van der Waals surface area contributed by atoms with Crippen molar-refractivity contribution in [2.75, 3.05) is 0 Å². The van der Waals surface area contributed by atoms with Crippen LogP contribution in [0.5, 0.6) is 0 Å². The predicted octanol–water partition coefficient (Wildman–Crippen LogP) is 1.55. The summed E-state index contributed by atoms with van der Waals surface area (Å²) in [5.41, 5.74) is 1.38. The standard InChI is InChI=1S/C9H13N3/c1-7(2)8-4-3-5-12(6-10)9(8)11/h3-7,10-11H,1-2H3. The van der Waals surface area contributed by atoms with E-state index in [2.05, 4.69) is 0 Å². The number of rotatable bonds is 2. The lowest BCUT2D eigenvalue weighted by Gasteiger charge is -2.07. The van der Waals surface area contributed by atoms with Gasteiger partial charge in [0.05, 0.1) is 6.34 Å². The largest absolute Gasteiger partial charge is 0.293 e. The van der Waals surface area contributed by atoms with E-state index in [1.807, 2.05) is 26.0 Å². The van der Waals surface area contributed by atoms with Crippen LogP contribution < -0.4 is 5.49 Å². The molecule has 3 nitrogen and oxygen atoms in total. The Morgan fingerprint density at radius 1 is 1.50 bits per heavy atom. The summed E-state index contributed by atoms with van der Waals surface area (Å²) in [4.78, 5) is 0. The summed E-state index contributed by atoms with van der Waals surface area (Å²) in [5.74, 6) is 0.338. The van der Waals surface area contributed by atoms with Crippen LogP contribution in [-0.2, 0) is 0 Å². The Kier molecular flexibility index (Phi) is 2.43. The minimum absolute atomic E-state index is 0.338. The molecule has 1 aromatic heterocycles. The zero-order valence-corrected chi connectivity index (χ0v) is 7.33. The topological polar surface area (TPSA) is 52.6 Å². The fourth-order valence-electron chi connectivity index (χ4n) is 1.12. The van der Waals surface area contributed by atoms with Gasteiger partial charge in [-0.3, -0.25) is 15.4 Å². The molecule has 1 rings (SSSR count). The van der Waals surface area contributed by atoms with Gasteiger partial charge in [-0.15, -0.1) is 0 Å². The van der Waals surface area contributed by atoms with Crippen LogP contribution in [0.1, 0.15) is 25.3 Å². The molecule has 0 unspecified atom stereocenters. The summed E-state index contributed by atoms with van der Waals surface area (Å²) in [6.07, 6.45) is 2.86. The van der Waals surface area contributed by atoms with E-state index in [1.54, 1.807) is 6.20 Å². The van der Waals surface area contributed by atoms with Crippen molar-refractivity contribution in [1.82, 2.24) is 4.57 Å². The Balaban J connectivity index is 3.33. The molecule has 0 bridgehead atoms. The summed E-state index contributed by atoms with van der Waals surface area (Å²) in [6, 6.07) is 3.78. The minimum atomic E-state index is 0.338. The normalized spacial score (nSPS) is 10.2. The Labute approximate surface area is 71.7 Å². The second-order valence-corrected chi connectivity index (χ2v) is 3.00. The predicted molar refractivity (Wildman–Crippen MR) is 48.6 cm³/mol. The molecule has 0 aliphatic carbocycles. The molecule has 0 radical (unpaired) electrons. The molecule has 64 valence electrons. The molecule has 1 heterocycles. The average molecular weight is 163 g/mol. The number of pyridine rings is 1. The molecule has 0 aliphatic rings. The van der Waals surface area contributed by atoms with Crippen molar-refractivity contribution in [2.45, 2.75) is 19.8 Å². The van der Waals surface area contributed by atoms with Crippen LogP contribution in [0.15, 0.2) is 18.3 Å². The Morgan fingerprint density at radius 2 is 2.17 bits per heavy atom. The average Bonchev–Trinajstić information content (AvgIpc) is 2.04. The number of hydrogen-bond acceptors (Lipinski definition) is 2. The minimum Gasteiger partial charge on any atom is -0.293 e. The van der Waals surface area contributed by atoms with E-state index in [0.29, 0.717) is 11.4 Å². The first-order valence-corrected chi connectivity index (χ1v) is 3.93. The fraction of sp³-hybridized carbons (Fsp3) is 0.333.